The average Bonchev–Trinajstić information content (AvgIpc) is 3.08. The molecule has 1 aromatic carbocycles. The van der Waals surface area contributed by atoms with E-state index in [0.717, 1.165) is 5.56 Å². The number of carbonyl (C=O) groups excluding carboxylic acids is 2. The molecule has 8 heteroatoms. The van der Waals surface area contributed by atoms with Crippen LogP contribution < -0.4 is 15.8 Å². The molecule has 30 heavy (non-hydrogen) atoms. The van der Waals surface area contributed by atoms with Crippen LogP contribution in [0.2, 0.25) is 0 Å². The van der Waals surface area contributed by atoms with E-state index < -0.39 is 11.4 Å². The minimum Gasteiger partial charge on any atom is -0.477 e. The Morgan fingerprint density at radius 2 is 1.97 bits per heavy atom. The van der Waals surface area contributed by atoms with Gasteiger partial charge in [0.1, 0.15) is 12.2 Å². The van der Waals surface area contributed by atoms with Crippen LogP contribution in [0.15, 0.2) is 42.6 Å². The van der Waals surface area contributed by atoms with Gasteiger partial charge in [0, 0.05) is 6.20 Å². The molecule has 162 valence electrons. The van der Waals surface area contributed by atoms with Crippen LogP contribution in [0.1, 0.15) is 43.6 Å². The van der Waals surface area contributed by atoms with E-state index in [9.17, 15) is 9.59 Å². The summed E-state index contributed by atoms with van der Waals surface area (Å²) in [6.07, 6.45) is 4.75. The van der Waals surface area contributed by atoms with Gasteiger partial charge in [-0.1, -0.05) is 44.2 Å². The normalized spacial score (nSPS) is 11.8. The number of nitrogens with zero attached hydrogens (tertiary/aromatic N) is 2. The van der Waals surface area contributed by atoms with Crippen molar-refractivity contribution in [3.63, 3.8) is 0 Å². The van der Waals surface area contributed by atoms with Crippen molar-refractivity contribution in [3.8, 4) is 5.88 Å². The summed E-state index contributed by atoms with van der Waals surface area (Å²) in [6, 6.07) is 9.65. The van der Waals surface area contributed by atoms with Crippen molar-refractivity contribution in [1.29, 1.82) is 0 Å². The monoisotopic (exact) mass is 414 g/mol. The number of ether oxygens (including phenoxy) is 2. The van der Waals surface area contributed by atoms with Gasteiger partial charge in [-0.2, -0.15) is 5.10 Å². The molecule has 3 N–H and O–H groups in total. The molecule has 8 nitrogen and oxygen atoms in total. The first kappa shape index (κ1) is 23.2. The first-order chi connectivity index (χ1) is 14.2. The molecule has 1 aromatic heterocycles. The van der Waals surface area contributed by atoms with Gasteiger partial charge in [0.25, 0.3) is 5.91 Å². The Labute approximate surface area is 177 Å². The van der Waals surface area contributed by atoms with Gasteiger partial charge in [-0.3, -0.25) is 9.59 Å². The summed E-state index contributed by atoms with van der Waals surface area (Å²) in [6.45, 7) is 8.40. The van der Waals surface area contributed by atoms with Crippen LogP contribution in [0, 0.1) is 5.92 Å². The summed E-state index contributed by atoms with van der Waals surface area (Å²) in [4.78, 5) is 23.8. The highest BCUT2D eigenvalue weighted by molar-refractivity contribution is 5.95. The minimum atomic E-state index is -0.679. The highest BCUT2D eigenvalue weighted by Crippen LogP contribution is 2.20. The fourth-order valence-corrected chi connectivity index (χ4v) is 2.55. The van der Waals surface area contributed by atoms with Gasteiger partial charge in [-0.25, -0.2) is 4.68 Å². The number of aromatic nitrogens is 2. The van der Waals surface area contributed by atoms with Gasteiger partial charge < -0.3 is 20.5 Å². The summed E-state index contributed by atoms with van der Waals surface area (Å²) in [5, 5.41) is 7.04. The third kappa shape index (κ3) is 7.36. The quantitative estimate of drug-likeness (QED) is 0.587. The van der Waals surface area contributed by atoms with Gasteiger partial charge in [0.05, 0.1) is 24.9 Å². The zero-order chi connectivity index (χ0) is 22.1. The van der Waals surface area contributed by atoms with Crippen molar-refractivity contribution in [2.75, 3.05) is 13.2 Å². The molecule has 0 bridgehead atoms. The molecule has 0 saturated heterocycles. The molecule has 0 aliphatic carbocycles. The number of hydrogen-bond donors (Lipinski definition) is 2. The van der Waals surface area contributed by atoms with Crippen LogP contribution in [0.5, 0.6) is 5.88 Å². The standard InChI is InChI=1S/C22H30N4O4/c1-16(2)13-30-21-18(20(23)28)12-24-26(21)11-10-22(3,4)25-19(27)15-29-14-17-8-6-5-7-9-17/h5-12,16H,13-15H2,1-4H3,(H2,23,28)(H,25,27)/b11-10+. The number of carbonyl (C=O) groups is 2. The van der Waals surface area contributed by atoms with Crippen molar-refractivity contribution >= 4 is 18.0 Å². The Morgan fingerprint density at radius 1 is 1.27 bits per heavy atom. The molecule has 0 unspecified atom stereocenters. The Morgan fingerprint density at radius 3 is 2.60 bits per heavy atom. The molecule has 0 atom stereocenters. The first-order valence-corrected chi connectivity index (χ1v) is 9.80. The van der Waals surface area contributed by atoms with Crippen molar-refractivity contribution in [2.24, 2.45) is 11.7 Å². The zero-order valence-corrected chi connectivity index (χ0v) is 17.9. The molecule has 2 amide bonds. The van der Waals surface area contributed by atoms with E-state index >= 15 is 0 Å². The number of benzene rings is 1. The van der Waals surface area contributed by atoms with Crippen molar-refractivity contribution in [3.05, 3.63) is 53.7 Å². The van der Waals surface area contributed by atoms with Gasteiger partial charge in [-0.15, -0.1) is 0 Å². The van der Waals surface area contributed by atoms with Crippen LogP contribution in [0.25, 0.3) is 6.20 Å². The molecule has 2 rings (SSSR count). The Hall–Kier alpha value is -3.13. The van der Waals surface area contributed by atoms with Crippen LogP contribution in [0.4, 0.5) is 0 Å². The topological polar surface area (TPSA) is 108 Å². The van der Waals surface area contributed by atoms with Gasteiger partial charge in [0.2, 0.25) is 11.8 Å². The molecule has 0 aliphatic rings. The summed E-state index contributed by atoms with van der Waals surface area (Å²) < 4.78 is 12.6. The lowest BCUT2D eigenvalue weighted by atomic mass is 10.1. The second-order valence-corrected chi connectivity index (χ2v) is 7.94. The average molecular weight is 415 g/mol. The number of nitrogens with two attached hydrogens (primary N) is 1. The molecule has 0 spiro atoms. The predicted molar refractivity (Wildman–Crippen MR) is 115 cm³/mol. The zero-order valence-electron chi connectivity index (χ0n) is 17.9. The fourth-order valence-electron chi connectivity index (χ4n) is 2.55. The lowest BCUT2D eigenvalue weighted by Crippen LogP contribution is -2.43. The number of primary amides is 1. The van der Waals surface area contributed by atoms with E-state index in [1.165, 1.54) is 10.9 Å². The van der Waals surface area contributed by atoms with Gasteiger partial charge in [-0.05, 0) is 31.4 Å². The Kier molecular flexibility index (Phi) is 8.17. The van der Waals surface area contributed by atoms with Crippen LogP contribution in [-0.4, -0.2) is 40.3 Å². The smallest absolute Gasteiger partial charge is 0.255 e. The molecule has 1 heterocycles. The summed E-state index contributed by atoms with van der Waals surface area (Å²) >= 11 is 0. The number of nitrogens with one attached hydrogen (secondary N) is 1. The van der Waals surface area contributed by atoms with Gasteiger partial charge >= 0.3 is 0 Å². The lowest BCUT2D eigenvalue weighted by molar-refractivity contribution is -0.127. The minimum absolute atomic E-state index is 0.0531. The fraction of sp³-hybridized carbons (Fsp3) is 0.409. The van der Waals surface area contributed by atoms with Crippen LogP contribution in [-0.2, 0) is 16.1 Å². The van der Waals surface area contributed by atoms with E-state index in [1.54, 1.807) is 12.3 Å². The van der Waals surface area contributed by atoms with E-state index in [0.29, 0.717) is 13.2 Å². The number of hydrogen-bond acceptors (Lipinski definition) is 5. The van der Waals surface area contributed by atoms with E-state index in [4.69, 9.17) is 15.2 Å². The maximum absolute atomic E-state index is 12.2. The van der Waals surface area contributed by atoms with Crippen LogP contribution in [0.3, 0.4) is 0 Å². The summed E-state index contributed by atoms with van der Waals surface area (Å²) in [5.41, 5.74) is 5.93. The number of amides is 2. The highest BCUT2D eigenvalue weighted by Gasteiger charge is 2.19. The highest BCUT2D eigenvalue weighted by atomic mass is 16.5. The second kappa shape index (κ2) is 10.6. The Bertz CT molecular complexity index is 873. The largest absolute Gasteiger partial charge is 0.477 e. The second-order valence-electron chi connectivity index (χ2n) is 7.94. The van der Waals surface area contributed by atoms with E-state index in [1.807, 2.05) is 58.0 Å². The summed E-state index contributed by atoms with van der Waals surface area (Å²) in [5.74, 6) is -0.308. The molecule has 0 radical (unpaired) electrons. The molecular formula is C22H30N4O4. The van der Waals surface area contributed by atoms with E-state index in [-0.39, 0.29) is 29.9 Å². The lowest BCUT2D eigenvalue weighted by Gasteiger charge is -2.22. The first-order valence-electron chi connectivity index (χ1n) is 9.80. The molecule has 0 saturated carbocycles. The molecular weight excluding hydrogens is 384 g/mol. The third-order valence-electron chi connectivity index (χ3n) is 4.01. The molecule has 0 aliphatic heterocycles. The number of rotatable bonds is 11. The maximum atomic E-state index is 12.2. The van der Waals surface area contributed by atoms with E-state index in [2.05, 4.69) is 10.4 Å². The summed E-state index contributed by atoms with van der Waals surface area (Å²) in [7, 11) is 0. The van der Waals surface area contributed by atoms with Crippen LogP contribution >= 0.6 is 0 Å². The maximum Gasteiger partial charge on any atom is 0.255 e. The van der Waals surface area contributed by atoms with Gasteiger partial charge in [0.15, 0.2) is 0 Å². The van der Waals surface area contributed by atoms with Crippen molar-refractivity contribution < 1.29 is 19.1 Å². The molecule has 0 fully saturated rings. The predicted octanol–water partition coefficient (Wildman–Crippen LogP) is 2.60. The third-order valence-corrected chi connectivity index (χ3v) is 4.01. The molecule has 2 aromatic rings. The Balaban J connectivity index is 1.96. The van der Waals surface area contributed by atoms with Crippen molar-refractivity contribution in [1.82, 2.24) is 15.1 Å². The SMILES string of the molecule is CC(C)COc1c(C(N)=O)cnn1/C=C/C(C)(C)NC(=O)COCc1ccccc1. The van der Waals surface area contributed by atoms with Crippen molar-refractivity contribution in [2.45, 2.75) is 39.8 Å².